The summed E-state index contributed by atoms with van der Waals surface area (Å²) in [5.74, 6) is 1.97. The molecule has 33 heavy (non-hydrogen) atoms. The standard InChI is InChI=1S/C25H30N2O6/c1-15(2)11-26-24(28)20-13-27(25(29)16-5-7-22-23(9-16)33-14-32-22)12-19(20)18-10-17(30-3)6-8-21(18)31-4/h5-10,15,19-20H,11-14H2,1-4H3,(H,26,28)/t19-,20-/m1/s1. The number of rotatable bonds is 7. The molecule has 0 bridgehead atoms. The lowest BCUT2D eigenvalue weighted by atomic mass is 9.87. The van der Waals surface area contributed by atoms with Crippen LogP contribution in [0.4, 0.5) is 0 Å². The van der Waals surface area contributed by atoms with Crippen LogP contribution < -0.4 is 24.3 Å². The topological polar surface area (TPSA) is 86.3 Å². The summed E-state index contributed by atoms with van der Waals surface area (Å²) < 4.78 is 21.8. The summed E-state index contributed by atoms with van der Waals surface area (Å²) in [4.78, 5) is 28.3. The molecule has 2 atom stereocenters. The molecule has 2 aromatic carbocycles. The Kier molecular flexibility index (Phi) is 6.62. The molecular formula is C25H30N2O6. The number of amides is 2. The fourth-order valence-electron chi connectivity index (χ4n) is 4.33. The summed E-state index contributed by atoms with van der Waals surface area (Å²) >= 11 is 0. The number of nitrogens with one attached hydrogen (secondary N) is 1. The van der Waals surface area contributed by atoms with Gasteiger partial charge in [0.25, 0.3) is 5.91 Å². The molecule has 2 amide bonds. The summed E-state index contributed by atoms with van der Waals surface area (Å²) in [7, 11) is 3.20. The summed E-state index contributed by atoms with van der Waals surface area (Å²) in [5, 5.41) is 3.04. The average molecular weight is 455 g/mol. The SMILES string of the molecule is COc1ccc(OC)c([C@H]2CN(C(=O)c3ccc4c(c3)OCO4)C[C@H]2C(=O)NCC(C)C)c1. The Morgan fingerprint density at radius 1 is 1.06 bits per heavy atom. The Morgan fingerprint density at radius 3 is 2.58 bits per heavy atom. The van der Waals surface area contributed by atoms with E-state index in [9.17, 15) is 9.59 Å². The van der Waals surface area contributed by atoms with Crippen molar-refractivity contribution >= 4 is 11.8 Å². The molecule has 0 aromatic heterocycles. The van der Waals surface area contributed by atoms with Crippen LogP contribution in [0, 0.1) is 11.8 Å². The highest BCUT2D eigenvalue weighted by Gasteiger charge is 2.42. The van der Waals surface area contributed by atoms with Gasteiger partial charge in [0.05, 0.1) is 20.1 Å². The van der Waals surface area contributed by atoms with Gasteiger partial charge in [0.15, 0.2) is 11.5 Å². The predicted octanol–water partition coefficient (Wildman–Crippen LogP) is 3.06. The van der Waals surface area contributed by atoms with Crippen molar-refractivity contribution in [2.45, 2.75) is 19.8 Å². The number of fused-ring (bicyclic) bond motifs is 1. The maximum Gasteiger partial charge on any atom is 0.254 e. The molecule has 0 radical (unpaired) electrons. The van der Waals surface area contributed by atoms with Crippen LogP contribution in [0.5, 0.6) is 23.0 Å². The molecule has 0 unspecified atom stereocenters. The first-order chi connectivity index (χ1) is 15.9. The van der Waals surface area contributed by atoms with E-state index in [2.05, 4.69) is 5.32 Å². The molecule has 8 nitrogen and oxygen atoms in total. The van der Waals surface area contributed by atoms with E-state index in [1.165, 1.54) is 0 Å². The molecule has 2 heterocycles. The van der Waals surface area contributed by atoms with Crippen molar-refractivity contribution in [2.75, 3.05) is 40.6 Å². The maximum absolute atomic E-state index is 13.4. The Hall–Kier alpha value is -3.42. The Morgan fingerprint density at radius 2 is 1.85 bits per heavy atom. The van der Waals surface area contributed by atoms with Gasteiger partial charge in [-0.25, -0.2) is 0 Å². The lowest BCUT2D eigenvalue weighted by molar-refractivity contribution is -0.125. The van der Waals surface area contributed by atoms with Crippen LogP contribution in [0.25, 0.3) is 0 Å². The first-order valence-electron chi connectivity index (χ1n) is 11.1. The monoisotopic (exact) mass is 454 g/mol. The van der Waals surface area contributed by atoms with Gasteiger partial charge < -0.3 is 29.2 Å². The third kappa shape index (κ3) is 4.69. The van der Waals surface area contributed by atoms with Gasteiger partial charge in [0, 0.05) is 36.7 Å². The van der Waals surface area contributed by atoms with E-state index in [0.717, 1.165) is 5.56 Å². The van der Waals surface area contributed by atoms with Crippen LogP contribution in [0.1, 0.15) is 35.7 Å². The van der Waals surface area contributed by atoms with E-state index in [1.54, 1.807) is 37.3 Å². The number of methoxy groups -OCH3 is 2. The molecule has 8 heteroatoms. The zero-order valence-corrected chi connectivity index (χ0v) is 19.4. The normalized spacial score (nSPS) is 19.0. The number of carbonyl (C=O) groups is 2. The molecule has 2 aliphatic rings. The van der Waals surface area contributed by atoms with E-state index in [4.69, 9.17) is 18.9 Å². The summed E-state index contributed by atoms with van der Waals surface area (Å²) in [6.45, 7) is 5.51. The van der Waals surface area contributed by atoms with E-state index in [-0.39, 0.29) is 24.5 Å². The molecule has 1 saturated heterocycles. The molecule has 1 N–H and O–H groups in total. The number of likely N-dealkylation sites (tertiary alicyclic amines) is 1. The number of carbonyl (C=O) groups excluding carboxylic acids is 2. The first-order valence-corrected chi connectivity index (χ1v) is 11.1. The number of hydrogen-bond donors (Lipinski definition) is 1. The Balaban J connectivity index is 1.64. The van der Waals surface area contributed by atoms with E-state index in [0.29, 0.717) is 54.1 Å². The molecule has 1 fully saturated rings. The quantitative estimate of drug-likeness (QED) is 0.692. The van der Waals surface area contributed by atoms with Gasteiger partial charge in [-0.3, -0.25) is 9.59 Å². The minimum atomic E-state index is -0.414. The Labute approximate surface area is 193 Å². The first kappa shape index (κ1) is 22.8. The molecule has 0 aliphatic carbocycles. The molecule has 0 spiro atoms. The van der Waals surface area contributed by atoms with E-state index >= 15 is 0 Å². The summed E-state index contributed by atoms with van der Waals surface area (Å²) in [6, 6.07) is 10.7. The fourth-order valence-corrected chi connectivity index (χ4v) is 4.33. The highest BCUT2D eigenvalue weighted by atomic mass is 16.7. The van der Waals surface area contributed by atoms with Crippen molar-refractivity contribution in [3.8, 4) is 23.0 Å². The molecule has 2 aliphatic heterocycles. The van der Waals surface area contributed by atoms with Crippen LogP contribution in [0.15, 0.2) is 36.4 Å². The number of benzene rings is 2. The van der Waals surface area contributed by atoms with Crippen molar-refractivity contribution < 1.29 is 28.5 Å². The third-order valence-electron chi connectivity index (χ3n) is 6.08. The van der Waals surface area contributed by atoms with Crippen LogP contribution in [-0.4, -0.2) is 57.4 Å². The lowest BCUT2D eigenvalue weighted by Crippen LogP contribution is -2.37. The van der Waals surface area contributed by atoms with Crippen LogP contribution in [-0.2, 0) is 4.79 Å². The fraction of sp³-hybridized carbons (Fsp3) is 0.440. The minimum absolute atomic E-state index is 0.0699. The van der Waals surface area contributed by atoms with Crippen molar-refractivity contribution in [3.63, 3.8) is 0 Å². The highest BCUT2D eigenvalue weighted by molar-refractivity contribution is 5.96. The molecule has 176 valence electrons. The van der Waals surface area contributed by atoms with Crippen LogP contribution >= 0.6 is 0 Å². The summed E-state index contributed by atoms with van der Waals surface area (Å²) in [5.41, 5.74) is 1.35. The maximum atomic E-state index is 13.4. The van der Waals surface area contributed by atoms with Gasteiger partial charge in [0.2, 0.25) is 12.7 Å². The smallest absolute Gasteiger partial charge is 0.254 e. The second-order valence-corrected chi connectivity index (χ2v) is 8.74. The zero-order chi connectivity index (χ0) is 23.5. The number of hydrogen-bond acceptors (Lipinski definition) is 6. The van der Waals surface area contributed by atoms with Crippen LogP contribution in [0.3, 0.4) is 0 Å². The third-order valence-corrected chi connectivity index (χ3v) is 6.08. The van der Waals surface area contributed by atoms with Crippen molar-refractivity contribution in [1.29, 1.82) is 0 Å². The molecular weight excluding hydrogens is 424 g/mol. The van der Waals surface area contributed by atoms with Gasteiger partial charge >= 0.3 is 0 Å². The second kappa shape index (κ2) is 9.60. The lowest BCUT2D eigenvalue weighted by Gasteiger charge is -2.21. The van der Waals surface area contributed by atoms with Gasteiger partial charge in [-0.05, 0) is 42.3 Å². The van der Waals surface area contributed by atoms with Crippen molar-refractivity contribution in [1.82, 2.24) is 10.2 Å². The van der Waals surface area contributed by atoms with Gasteiger partial charge in [-0.1, -0.05) is 13.8 Å². The number of ether oxygens (including phenoxy) is 4. The summed E-state index contributed by atoms with van der Waals surface area (Å²) in [6.07, 6.45) is 0. The van der Waals surface area contributed by atoms with E-state index in [1.807, 2.05) is 32.0 Å². The number of nitrogens with zero attached hydrogens (tertiary/aromatic N) is 1. The molecule has 0 saturated carbocycles. The van der Waals surface area contributed by atoms with E-state index < -0.39 is 5.92 Å². The predicted molar refractivity (Wildman–Crippen MR) is 122 cm³/mol. The van der Waals surface area contributed by atoms with Crippen molar-refractivity contribution in [2.24, 2.45) is 11.8 Å². The minimum Gasteiger partial charge on any atom is -0.497 e. The molecule has 2 aromatic rings. The highest BCUT2D eigenvalue weighted by Crippen LogP contribution is 2.40. The zero-order valence-electron chi connectivity index (χ0n) is 19.4. The largest absolute Gasteiger partial charge is 0.497 e. The van der Waals surface area contributed by atoms with Crippen molar-refractivity contribution in [3.05, 3.63) is 47.5 Å². The second-order valence-electron chi connectivity index (χ2n) is 8.74. The average Bonchev–Trinajstić information content (AvgIpc) is 3.48. The Bertz CT molecular complexity index is 1040. The molecule has 4 rings (SSSR count). The van der Waals surface area contributed by atoms with Gasteiger partial charge in [-0.15, -0.1) is 0 Å². The van der Waals surface area contributed by atoms with Crippen LogP contribution in [0.2, 0.25) is 0 Å². The van der Waals surface area contributed by atoms with Gasteiger partial charge in [-0.2, -0.15) is 0 Å². The van der Waals surface area contributed by atoms with Gasteiger partial charge in [0.1, 0.15) is 11.5 Å².